The number of carbonyl (C=O) groups is 1. The van der Waals surface area contributed by atoms with Crippen molar-refractivity contribution in [3.05, 3.63) is 71.0 Å². The summed E-state index contributed by atoms with van der Waals surface area (Å²) < 4.78 is 38.6. The van der Waals surface area contributed by atoms with Crippen molar-refractivity contribution >= 4 is 15.9 Å². The lowest BCUT2D eigenvalue weighted by molar-refractivity contribution is -0.121. The minimum atomic E-state index is -3.52. The maximum Gasteiger partial charge on any atom is 0.222 e. The summed E-state index contributed by atoms with van der Waals surface area (Å²) in [6, 6.07) is 12.4. The van der Waals surface area contributed by atoms with Crippen LogP contribution in [-0.4, -0.2) is 20.6 Å². The van der Waals surface area contributed by atoms with Crippen molar-refractivity contribution in [2.24, 2.45) is 0 Å². The van der Waals surface area contributed by atoms with E-state index in [1.807, 2.05) is 31.2 Å². The molecule has 7 heteroatoms. The Bertz CT molecular complexity index is 836. The van der Waals surface area contributed by atoms with E-state index in [2.05, 4.69) is 10.0 Å². The van der Waals surface area contributed by atoms with E-state index in [1.54, 1.807) is 0 Å². The van der Waals surface area contributed by atoms with Gasteiger partial charge in [0.25, 0.3) is 0 Å². The van der Waals surface area contributed by atoms with Gasteiger partial charge in [0.05, 0.1) is 12.3 Å². The average Bonchev–Trinajstić information content (AvgIpc) is 2.52. The predicted molar refractivity (Wildman–Crippen MR) is 94.8 cm³/mol. The van der Waals surface area contributed by atoms with Gasteiger partial charge in [0.15, 0.2) is 0 Å². The molecule has 2 aromatic rings. The molecule has 134 valence electrons. The molecule has 0 aliphatic rings. The van der Waals surface area contributed by atoms with Crippen molar-refractivity contribution in [2.75, 3.05) is 6.26 Å². The molecule has 1 atom stereocenters. The molecule has 0 aliphatic heterocycles. The number of nitrogens with one attached hydrogen (secondary N) is 2. The van der Waals surface area contributed by atoms with E-state index in [0.29, 0.717) is 12.1 Å². The minimum absolute atomic E-state index is 0.0789. The van der Waals surface area contributed by atoms with Gasteiger partial charge < -0.3 is 5.32 Å². The van der Waals surface area contributed by atoms with E-state index in [4.69, 9.17) is 0 Å². The summed E-state index contributed by atoms with van der Waals surface area (Å²) in [4.78, 5) is 12.2. The Labute approximate surface area is 147 Å². The lowest BCUT2D eigenvalue weighted by atomic mass is 10.0. The molecule has 0 radical (unpaired) electrons. The Morgan fingerprint density at radius 1 is 1.16 bits per heavy atom. The molecule has 0 aromatic heterocycles. The van der Waals surface area contributed by atoms with Gasteiger partial charge in [0.2, 0.25) is 15.9 Å². The first kappa shape index (κ1) is 19.1. The number of halogens is 1. The molecule has 0 heterocycles. The van der Waals surface area contributed by atoms with Gasteiger partial charge in [-0.1, -0.05) is 42.0 Å². The molecule has 25 heavy (non-hydrogen) atoms. The number of hydrogen-bond acceptors (Lipinski definition) is 3. The molecule has 0 spiro atoms. The fourth-order valence-electron chi connectivity index (χ4n) is 2.46. The Morgan fingerprint density at radius 2 is 1.84 bits per heavy atom. The van der Waals surface area contributed by atoms with Crippen LogP contribution in [0.2, 0.25) is 0 Å². The first-order valence-electron chi connectivity index (χ1n) is 7.78. The Kier molecular flexibility index (Phi) is 6.27. The second-order valence-corrected chi connectivity index (χ2v) is 7.74. The number of carbonyl (C=O) groups excluding carboxylic acids is 1. The van der Waals surface area contributed by atoms with Gasteiger partial charge in [-0.05, 0) is 30.2 Å². The molecule has 0 bridgehead atoms. The van der Waals surface area contributed by atoms with Crippen LogP contribution in [0.15, 0.2) is 48.5 Å². The first-order chi connectivity index (χ1) is 11.7. The number of aryl methyl sites for hydroxylation is 1. The highest BCUT2D eigenvalue weighted by Crippen LogP contribution is 2.18. The maximum atomic E-state index is 13.1. The monoisotopic (exact) mass is 364 g/mol. The van der Waals surface area contributed by atoms with Crippen molar-refractivity contribution in [3.63, 3.8) is 0 Å². The molecular weight excluding hydrogens is 343 g/mol. The lowest BCUT2D eigenvalue weighted by Gasteiger charge is -2.18. The highest BCUT2D eigenvalue weighted by atomic mass is 32.2. The van der Waals surface area contributed by atoms with Crippen LogP contribution in [-0.2, 0) is 21.4 Å². The van der Waals surface area contributed by atoms with Crippen LogP contribution in [0.1, 0.15) is 29.2 Å². The summed E-state index contributed by atoms with van der Waals surface area (Å²) in [5.74, 6) is -0.724. The first-order valence-corrected chi connectivity index (χ1v) is 9.67. The van der Waals surface area contributed by atoms with E-state index < -0.39 is 21.9 Å². The maximum absolute atomic E-state index is 13.1. The number of benzene rings is 2. The van der Waals surface area contributed by atoms with Crippen LogP contribution in [0, 0.1) is 12.7 Å². The van der Waals surface area contributed by atoms with Gasteiger partial charge in [-0.3, -0.25) is 4.79 Å². The van der Waals surface area contributed by atoms with Crippen molar-refractivity contribution in [3.8, 4) is 0 Å². The Balaban J connectivity index is 2.05. The quantitative estimate of drug-likeness (QED) is 0.792. The summed E-state index contributed by atoms with van der Waals surface area (Å²) in [5.41, 5.74) is 2.58. The molecule has 0 unspecified atom stereocenters. The highest BCUT2D eigenvalue weighted by Gasteiger charge is 2.19. The summed E-state index contributed by atoms with van der Waals surface area (Å²) in [6.07, 6.45) is 0.943. The van der Waals surface area contributed by atoms with E-state index >= 15 is 0 Å². The van der Waals surface area contributed by atoms with E-state index in [9.17, 15) is 17.6 Å². The van der Waals surface area contributed by atoms with Crippen LogP contribution < -0.4 is 10.0 Å². The molecule has 2 rings (SSSR count). The number of sulfonamides is 1. The third kappa shape index (κ3) is 6.64. The lowest BCUT2D eigenvalue weighted by Crippen LogP contribution is -2.33. The summed E-state index contributed by atoms with van der Waals surface area (Å²) in [5, 5.41) is 2.78. The normalized spacial score (nSPS) is 12.6. The van der Waals surface area contributed by atoms with Gasteiger partial charge >= 0.3 is 0 Å². The summed E-state index contributed by atoms with van der Waals surface area (Å²) >= 11 is 0. The topological polar surface area (TPSA) is 75.3 Å². The molecule has 0 saturated heterocycles. The van der Waals surface area contributed by atoms with Gasteiger partial charge in [0, 0.05) is 13.0 Å². The zero-order valence-electron chi connectivity index (χ0n) is 14.1. The standard InChI is InChI=1S/C18H21FN2O3S/c1-13-4-3-5-14(10-13)12-20-18(22)11-17(21-25(2,23)24)15-6-8-16(19)9-7-15/h3-10,17,21H,11-12H2,1-2H3,(H,20,22)/t17-/m1/s1. The van der Waals surface area contributed by atoms with Crippen LogP contribution in [0.3, 0.4) is 0 Å². The molecule has 2 N–H and O–H groups in total. The molecule has 0 saturated carbocycles. The predicted octanol–water partition coefficient (Wildman–Crippen LogP) is 2.43. The number of amides is 1. The van der Waals surface area contributed by atoms with Crippen molar-refractivity contribution in [1.82, 2.24) is 10.0 Å². The SMILES string of the molecule is Cc1cccc(CNC(=O)C[C@@H](NS(C)(=O)=O)c2ccc(F)cc2)c1. The fourth-order valence-corrected chi connectivity index (χ4v) is 3.20. The molecule has 5 nitrogen and oxygen atoms in total. The molecule has 0 fully saturated rings. The van der Waals surface area contributed by atoms with Gasteiger partial charge in [-0.15, -0.1) is 0 Å². The Morgan fingerprint density at radius 3 is 2.44 bits per heavy atom. The van der Waals surface area contributed by atoms with Crippen molar-refractivity contribution < 1.29 is 17.6 Å². The van der Waals surface area contributed by atoms with Crippen LogP contribution >= 0.6 is 0 Å². The molecule has 2 aromatic carbocycles. The Hall–Kier alpha value is -2.25. The number of rotatable bonds is 7. The summed E-state index contributed by atoms with van der Waals surface area (Å²) in [7, 11) is -3.52. The van der Waals surface area contributed by atoms with Crippen LogP contribution in [0.25, 0.3) is 0 Å². The minimum Gasteiger partial charge on any atom is -0.352 e. The van der Waals surface area contributed by atoms with Crippen molar-refractivity contribution in [2.45, 2.75) is 25.9 Å². The van der Waals surface area contributed by atoms with Crippen LogP contribution in [0.4, 0.5) is 4.39 Å². The van der Waals surface area contributed by atoms with Gasteiger partial charge in [-0.2, -0.15) is 0 Å². The van der Waals surface area contributed by atoms with E-state index in [1.165, 1.54) is 24.3 Å². The molecule has 0 aliphatic carbocycles. The average molecular weight is 364 g/mol. The van der Waals surface area contributed by atoms with Gasteiger partial charge in [0.1, 0.15) is 5.82 Å². The zero-order valence-corrected chi connectivity index (χ0v) is 14.9. The third-order valence-electron chi connectivity index (χ3n) is 3.59. The molecule has 1 amide bonds. The highest BCUT2D eigenvalue weighted by molar-refractivity contribution is 7.88. The fraction of sp³-hybridized carbons (Fsp3) is 0.278. The summed E-state index contributed by atoms with van der Waals surface area (Å²) in [6.45, 7) is 2.32. The zero-order chi connectivity index (χ0) is 18.4. The third-order valence-corrected chi connectivity index (χ3v) is 4.30. The van der Waals surface area contributed by atoms with E-state index in [-0.39, 0.29) is 12.3 Å². The van der Waals surface area contributed by atoms with Crippen molar-refractivity contribution in [1.29, 1.82) is 0 Å². The molecular formula is C18H21FN2O3S. The second-order valence-electron chi connectivity index (χ2n) is 5.96. The smallest absolute Gasteiger partial charge is 0.222 e. The number of hydrogen-bond donors (Lipinski definition) is 2. The largest absolute Gasteiger partial charge is 0.352 e. The second kappa shape index (κ2) is 8.22. The van der Waals surface area contributed by atoms with E-state index in [0.717, 1.165) is 17.4 Å². The van der Waals surface area contributed by atoms with Crippen LogP contribution in [0.5, 0.6) is 0 Å². The van der Waals surface area contributed by atoms with Gasteiger partial charge in [-0.25, -0.2) is 17.5 Å².